The van der Waals surface area contributed by atoms with E-state index >= 15 is 0 Å². The van der Waals surface area contributed by atoms with Crippen LogP contribution in [-0.4, -0.2) is 70.2 Å². The highest BCUT2D eigenvalue weighted by Crippen LogP contribution is 2.31. The Bertz CT molecular complexity index is 732. The lowest BCUT2D eigenvalue weighted by Gasteiger charge is -2.45. The van der Waals surface area contributed by atoms with Crippen LogP contribution in [0, 0.1) is 0 Å². The smallest absolute Gasteiger partial charge is 0.303 e. The molecule has 0 saturated carbocycles. The van der Waals surface area contributed by atoms with Gasteiger partial charge in [0.1, 0.15) is 29.8 Å². The summed E-state index contributed by atoms with van der Waals surface area (Å²) in [5.74, 6) is 0.762. The number of methoxy groups -OCH3 is 1. The molecule has 2 rings (SSSR count). The van der Waals surface area contributed by atoms with Gasteiger partial charge in [0, 0.05) is 6.92 Å². The molecule has 1 aromatic carbocycles. The molecule has 1 aromatic rings. The molecule has 0 aromatic heterocycles. The van der Waals surface area contributed by atoms with Crippen molar-refractivity contribution in [3.63, 3.8) is 0 Å². The van der Waals surface area contributed by atoms with Gasteiger partial charge in [0.25, 0.3) is 0 Å². The highest BCUT2D eigenvalue weighted by Gasteiger charge is 2.50. The topological polar surface area (TPSA) is 81.7 Å². The molecule has 5 atom stereocenters. The third-order valence-corrected chi connectivity index (χ3v) is 4.54. The van der Waals surface area contributed by atoms with Gasteiger partial charge in [-0.3, -0.25) is 4.79 Å². The lowest BCUT2D eigenvalue weighted by atomic mass is 9.98. The van der Waals surface area contributed by atoms with Crippen molar-refractivity contribution >= 4 is 5.97 Å². The number of esters is 1. The summed E-state index contributed by atoms with van der Waals surface area (Å²) in [4.78, 5) is 11.8. The first-order valence-corrected chi connectivity index (χ1v) is 10.3. The molecule has 0 spiro atoms. The van der Waals surface area contributed by atoms with Gasteiger partial charge >= 0.3 is 5.97 Å². The monoisotopic (exact) mass is 448 g/mol. The Morgan fingerprint density at radius 1 is 0.938 bits per heavy atom. The van der Waals surface area contributed by atoms with E-state index in [1.807, 2.05) is 0 Å². The van der Waals surface area contributed by atoms with Crippen LogP contribution in [0.3, 0.4) is 0 Å². The van der Waals surface area contributed by atoms with Gasteiger partial charge in [-0.05, 0) is 24.3 Å². The Morgan fingerprint density at radius 2 is 1.53 bits per heavy atom. The van der Waals surface area contributed by atoms with E-state index in [2.05, 4.69) is 19.7 Å². The zero-order chi connectivity index (χ0) is 23.3. The SMILES string of the molecule is C=CCOC[C@H]1O[C@@H](Oc2ccc(OC)cc2)[C@H](OCC=C)[C@@H](OCC=C)[C@@H]1OC(C)=O. The lowest BCUT2D eigenvalue weighted by Crippen LogP contribution is -2.63. The Balaban J connectivity index is 2.35. The van der Waals surface area contributed by atoms with Crippen molar-refractivity contribution in [1.82, 2.24) is 0 Å². The molecule has 1 aliphatic rings. The number of carbonyl (C=O) groups excluding carboxylic acids is 1. The van der Waals surface area contributed by atoms with Crippen molar-refractivity contribution in [2.75, 3.05) is 33.5 Å². The molecular formula is C24H32O8. The maximum Gasteiger partial charge on any atom is 0.303 e. The third-order valence-electron chi connectivity index (χ3n) is 4.54. The van der Waals surface area contributed by atoms with E-state index < -0.39 is 36.7 Å². The summed E-state index contributed by atoms with van der Waals surface area (Å²) in [7, 11) is 1.59. The molecule has 1 aliphatic heterocycles. The van der Waals surface area contributed by atoms with Gasteiger partial charge in [0.05, 0.1) is 33.5 Å². The largest absolute Gasteiger partial charge is 0.497 e. The van der Waals surface area contributed by atoms with Crippen LogP contribution in [0.5, 0.6) is 11.5 Å². The quantitative estimate of drug-likeness (QED) is 0.244. The first-order valence-electron chi connectivity index (χ1n) is 10.3. The first-order chi connectivity index (χ1) is 15.5. The van der Waals surface area contributed by atoms with Crippen LogP contribution in [0.25, 0.3) is 0 Å². The Kier molecular flexibility index (Phi) is 11.0. The second-order valence-corrected chi connectivity index (χ2v) is 6.91. The number of hydrogen-bond acceptors (Lipinski definition) is 8. The number of benzene rings is 1. The fourth-order valence-electron chi connectivity index (χ4n) is 3.22. The molecule has 0 N–H and O–H groups in total. The second kappa shape index (κ2) is 13.7. The molecule has 8 heteroatoms. The zero-order valence-corrected chi connectivity index (χ0v) is 18.6. The van der Waals surface area contributed by atoms with Gasteiger partial charge in [-0.15, -0.1) is 19.7 Å². The van der Waals surface area contributed by atoms with Gasteiger partial charge in [0.15, 0.2) is 6.10 Å². The van der Waals surface area contributed by atoms with Crippen molar-refractivity contribution in [2.24, 2.45) is 0 Å². The molecule has 1 heterocycles. The standard InChI is InChI=1S/C24H32O8/c1-6-13-27-16-20-21(30-17(4)25)22(28-14-7-2)23(29-15-8-3)24(32-20)31-19-11-9-18(26-5)10-12-19/h6-12,20-24H,1-3,13-16H2,4-5H3/t20-,21-,22+,23-,24-/m1/s1. The summed E-state index contributed by atoms with van der Waals surface area (Å²) in [5, 5.41) is 0. The molecule has 176 valence electrons. The lowest BCUT2D eigenvalue weighted by molar-refractivity contribution is -0.296. The van der Waals surface area contributed by atoms with Gasteiger partial charge < -0.3 is 33.2 Å². The first kappa shape index (κ1) is 25.6. The molecule has 0 unspecified atom stereocenters. The summed E-state index contributed by atoms with van der Waals surface area (Å²) >= 11 is 0. The molecule has 1 fully saturated rings. The molecular weight excluding hydrogens is 416 g/mol. The van der Waals surface area contributed by atoms with E-state index in [9.17, 15) is 4.79 Å². The van der Waals surface area contributed by atoms with Crippen molar-refractivity contribution < 1.29 is 38.0 Å². The minimum absolute atomic E-state index is 0.133. The van der Waals surface area contributed by atoms with Gasteiger partial charge in [-0.1, -0.05) is 18.2 Å². The van der Waals surface area contributed by atoms with Gasteiger partial charge in [0.2, 0.25) is 6.29 Å². The van der Waals surface area contributed by atoms with E-state index in [0.717, 1.165) is 0 Å². The predicted octanol–water partition coefficient (Wildman–Crippen LogP) is 3.08. The van der Waals surface area contributed by atoms with Gasteiger partial charge in [-0.25, -0.2) is 0 Å². The normalized spacial score (nSPS) is 24.9. The highest BCUT2D eigenvalue weighted by molar-refractivity contribution is 5.66. The zero-order valence-electron chi connectivity index (χ0n) is 18.6. The van der Waals surface area contributed by atoms with Crippen LogP contribution >= 0.6 is 0 Å². The maximum absolute atomic E-state index is 11.8. The summed E-state index contributed by atoms with van der Waals surface area (Å²) in [6.45, 7) is 13.2. The van der Waals surface area contributed by atoms with E-state index in [4.69, 9.17) is 33.2 Å². The second-order valence-electron chi connectivity index (χ2n) is 6.91. The molecule has 0 bridgehead atoms. The van der Waals surface area contributed by atoms with Crippen molar-refractivity contribution in [1.29, 1.82) is 0 Å². The Morgan fingerprint density at radius 3 is 2.09 bits per heavy atom. The van der Waals surface area contributed by atoms with E-state index in [-0.39, 0.29) is 19.8 Å². The molecule has 0 radical (unpaired) electrons. The molecule has 0 aliphatic carbocycles. The summed E-state index contributed by atoms with van der Waals surface area (Å²) < 4.78 is 40.6. The van der Waals surface area contributed by atoms with E-state index in [1.165, 1.54) is 6.92 Å². The number of rotatable bonds is 14. The van der Waals surface area contributed by atoms with Crippen LogP contribution in [0.1, 0.15) is 6.92 Å². The average Bonchev–Trinajstić information content (AvgIpc) is 2.79. The number of carbonyl (C=O) groups is 1. The molecule has 1 saturated heterocycles. The van der Waals surface area contributed by atoms with E-state index in [0.29, 0.717) is 18.1 Å². The maximum atomic E-state index is 11.8. The van der Waals surface area contributed by atoms with Crippen LogP contribution in [0.15, 0.2) is 62.2 Å². The number of ether oxygens (including phenoxy) is 7. The fraction of sp³-hybridized carbons (Fsp3) is 0.458. The van der Waals surface area contributed by atoms with E-state index in [1.54, 1.807) is 49.6 Å². The minimum atomic E-state index is -0.873. The average molecular weight is 449 g/mol. The van der Waals surface area contributed by atoms with Crippen molar-refractivity contribution in [3.05, 3.63) is 62.2 Å². The van der Waals surface area contributed by atoms with Gasteiger partial charge in [-0.2, -0.15) is 0 Å². The molecule has 0 amide bonds. The van der Waals surface area contributed by atoms with Crippen LogP contribution in [0.2, 0.25) is 0 Å². The Labute approximate surface area is 189 Å². The minimum Gasteiger partial charge on any atom is -0.497 e. The molecule has 8 nitrogen and oxygen atoms in total. The van der Waals surface area contributed by atoms with Crippen molar-refractivity contribution in [2.45, 2.75) is 37.6 Å². The Hall–Kier alpha value is -2.65. The van der Waals surface area contributed by atoms with Crippen LogP contribution in [-0.2, 0) is 28.5 Å². The summed E-state index contributed by atoms with van der Waals surface area (Å²) in [5.41, 5.74) is 0. The highest BCUT2D eigenvalue weighted by atomic mass is 16.7. The van der Waals surface area contributed by atoms with Crippen LogP contribution < -0.4 is 9.47 Å². The summed E-state index contributed by atoms with van der Waals surface area (Å²) in [6, 6.07) is 7.06. The fourth-order valence-corrected chi connectivity index (χ4v) is 3.22. The summed E-state index contributed by atoms with van der Waals surface area (Å²) in [6.07, 6.45) is 1.07. The van der Waals surface area contributed by atoms with Crippen LogP contribution in [0.4, 0.5) is 0 Å². The number of hydrogen-bond donors (Lipinski definition) is 0. The molecule has 32 heavy (non-hydrogen) atoms. The predicted molar refractivity (Wildman–Crippen MR) is 119 cm³/mol. The third kappa shape index (κ3) is 7.49. The van der Waals surface area contributed by atoms with Crippen molar-refractivity contribution in [3.8, 4) is 11.5 Å².